The molecule has 0 aliphatic rings. The number of rotatable bonds is 4. The molecule has 0 aliphatic carbocycles. The Kier molecular flexibility index (Phi) is 4.43. The van der Waals surface area contributed by atoms with Crippen LogP contribution in [0.1, 0.15) is 25.3 Å². The summed E-state index contributed by atoms with van der Waals surface area (Å²) in [7, 11) is 0. The summed E-state index contributed by atoms with van der Waals surface area (Å²) in [5.41, 5.74) is 6.69. The van der Waals surface area contributed by atoms with Crippen LogP contribution in [0.5, 0.6) is 0 Å². The van der Waals surface area contributed by atoms with Crippen molar-refractivity contribution in [2.24, 2.45) is 5.73 Å². The molecule has 0 heterocycles. The standard InChI is InChI=1S/C12H17FN2O/c1-8-7-10(4-5-11(8)13)15-12(16)6-3-9(2)14/h4-5,7,9H,3,6,14H2,1-2H3,(H,15,16). The number of nitrogens with two attached hydrogens (primary N) is 1. The number of carbonyl (C=O) groups is 1. The largest absolute Gasteiger partial charge is 0.328 e. The first kappa shape index (κ1) is 12.6. The van der Waals surface area contributed by atoms with Gasteiger partial charge in [0.25, 0.3) is 0 Å². The third-order valence-electron chi connectivity index (χ3n) is 2.27. The SMILES string of the molecule is Cc1cc(NC(=O)CCC(C)N)ccc1F. The summed E-state index contributed by atoms with van der Waals surface area (Å²) < 4.78 is 13.0. The zero-order valence-electron chi connectivity index (χ0n) is 9.59. The number of carbonyl (C=O) groups excluding carboxylic acids is 1. The average Bonchev–Trinajstić information content (AvgIpc) is 2.21. The summed E-state index contributed by atoms with van der Waals surface area (Å²) in [4.78, 5) is 11.5. The Bertz CT molecular complexity index is 377. The normalized spacial score (nSPS) is 12.2. The fourth-order valence-electron chi connectivity index (χ4n) is 1.30. The highest BCUT2D eigenvalue weighted by Crippen LogP contribution is 2.14. The van der Waals surface area contributed by atoms with Crippen LogP contribution < -0.4 is 11.1 Å². The van der Waals surface area contributed by atoms with E-state index in [1.807, 2.05) is 6.92 Å². The molecule has 1 atom stereocenters. The second-order valence-corrected chi connectivity index (χ2v) is 4.03. The number of aryl methyl sites for hydroxylation is 1. The summed E-state index contributed by atoms with van der Waals surface area (Å²) in [6, 6.07) is 4.52. The quantitative estimate of drug-likeness (QED) is 0.823. The lowest BCUT2D eigenvalue weighted by molar-refractivity contribution is -0.116. The van der Waals surface area contributed by atoms with Gasteiger partial charge in [0.15, 0.2) is 0 Å². The molecule has 1 amide bonds. The van der Waals surface area contributed by atoms with Crippen LogP contribution in [0.15, 0.2) is 18.2 Å². The molecule has 0 aromatic heterocycles. The smallest absolute Gasteiger partial charge is 0.224 e. The van der Waals surface area contributed by atoms with Crippen LogP contribution in [-0.4, -0.2) is 11.9 Å². The van der Waals surface area contributed by atoms with Crippen LogP contribution >= 0.6 is 0 Å². The molecule has 1 rings (SSSR count). The van der Waals surface area contributed by atoms with E-state index < -0.39 is 0 Å². The van der Waals surface area contributed by atoms with Gasteiger partial charge in [0.2, 0.25) is 5.91 Å². The van der Waals surface area contributed by atoms with E-state index in [0.717, 1.165) is 0 Å². The fourth-order valence-corrected chi connectivity index (χ4v) is 1.30. The molecule has 88 valence electrons. The molecule has 0 aliphatic heterocycles. The lowest BCUT2D eigenvalue weighted by atomic mass is 10.1. The van der Waals surface area contributed by atoms with Crippen LogP contribution in [0.25, 0.3) is 0 Å². The third-order valence-corrected chi connectivity index (χ3v) is 2.27. The second-order valence-electron chi connectivity index (χ2n) is 4.03. The van der Waals surface area contributed by atoms with Gasteiger partial charge in [-0.05, 0) is 44.0 Å². The van der Waals surface area contributed by atoms with Crippen LogP contribution in [0, 0.1) is 12.7 Å². The Morgan fingerprint density at radius 3 is 2.81 bits per heavy atom. The number of anilines is 1. The summed E-state index contributed by atoms with van der Waals surface area (Å²) in [6.07, 6.45) is 1.03. The van der Waals surface area contributed by atoms with Crippen molar-refractivity contribution in [3.05, 3.63) is 29.6 Å². The Morgan fingerprint density at radius 1 is 1.56 bits per heavy atom. The molecular formula is C12H17FN2O. The van der Waals surface area contributed by atoms with E-state index in [0.29, 0.717) is 24.1 Å². The molecule has 0 bridgehead atoms. The Morgan fingerprint density at radius 2 is 2.25 bits per heavy atom. The maximum absolute atomic E-state index is 13.0. The predicted octanol–water partition coefficient (Wildman–Crippen LogP) is 2.20. The molecule has 0 radical (unpaired) electrons. The van der Waals surface area contributed by atoms with Crippen molar-refractivity contribution in [1.82, 2.24) is 0 Å². The van der Waals surface area contributed by atoms with Gasteiger partial charge < -0.3 is 11.1 Å². The van der Waals surface area contributed by atoms with Crippen molar-refractivity contribution in [2.45, 2.75) is 32.7 Å². The lowest BCUT2D eigenvalue weighted by Gasteiger charge is -2.07. The molecule has 1 aromatic rings. The van der Waals surface area contributed by atoms with Crippen LogP contribution in [0.3, 0.4) is 0 Å². The summed E-state index contributed by atoms with van der Waals surface area (Å²) in [5.74, 6) is -0.364. The Labute approximate surface area is 94.8 Å². The highest BCUT2D eigenvalue weighted by Gasteiger charge is 2.05. The molecule has 4 heteroatoms. The van der Waals surface area contributed by atoms with Crippen molar-refractivity contribution < 1.29 is 9.18 Å². The van der Waals surface area contributed by atoms with Crippen LogP contribution in [0.4, 0.5) is 10.1 Å². The van der Waals surface area contributed by atoms with E-state index in [9.17, 15) is 9.18 Å². The van der Waals surface area contributed by atoms with Crippen molar-refractivity contribution in [2.75, 3.05) is 5.32 Å². The lowest BCUT2D eigenvalue weighted by Crippen LogP contribution is -2.19. The first-order valence-electron chi connectivity index (χ1n) is 5.30. The van der Waals surface area contributed by atoms with Crippen molar-refractivity contribution in [3.63, 3.8) is 0 Å². The zero-order valence-corrected chi connectivity index (χ0v) is 9.59. The van der Waals surface area contributed by atoms with E-state index in [4.69, 9.17) is 5.73 Å². The van der Waals surface area contributed by atoms with Gasteiger partial charge in [-0.25, -0.2) is 4.39 Å². The number of benzene rings is 1. The average molecular weight is 224 g/mol. The molecule has 0 saturated heterocycles. The highest BCUT2D eigenvalue weighted by atomic mass is 19.1. The number of halogens is 1. The van der Waals surface area contributed by atoms with Gasteiger partial charge in [-0.15, -0.1) is 0 Å². The van der Waals surface area contributed by atoms with Crippen LogP contribution in [0.2, 0.25) is 0 Å². The van der Waals surface area contributed by atoms with Gasteiger partial charge in [-0.2, -0.15) is 0 Å². The first-order valence-corrected chi connectivity index (χ1v) is 5.30. The summed E-state index contributed by atoms with van der Waals surface area (Å²) >= 11 is 0. The second kappa shape index (κ2) is 5.61. The van der Waals surface area contributed by atoms with Crippen molar-refractivity contribution in [3.8, 4) is 0 Å². The maximum Gasteiger partial charge on any atom is 0.224 e. The van der Waals surface area contributed by atoms with Crippen molar-refractivity contribution in [1.29, 1.82) is 0 Å². The monoisotopic (exact) mass is 224 g/mol. The van der Waals surface area contributed by atoms with Gasteiger partial charge in [0, 0.05) is 18.2 Å². The molecule has 3 N–H and O–H groups in total. The van der Waals surface area contributed by atoms with E-state index in [1.54, 1.807) is 19.1 Å². The minimum absolute atomic E-state index is 0.0145. The fraction of sp³-hybridized carbons (Fsp3) is 0.417. The topological polar surface area (TPSA) is 55.1 Å². The van der Waals surface area contributed by atoms with Gasteiger partial charge in [-0.3, -0.25) is 4.79 Å². The Balaban J connectivity index is 2.53. The minimum atomic E-state index is -0.270. The van der Waals surface area contributed by atoms with Gasteiger partial charge in [0.1, 0.15) is 5.82 Å². The minimum Gasteiger partial charge on any atom is -0.328 e. The number of nitrogens with one attached hydrogen (secondary N) is 1. The van der Waals surface area contributed by atoms with Crippen LogP contribution in [-0.2, 0) is 4.79 Å². The van der Waals surface area contributed by atoms with Gasteiger partial charge in [-0.1, -0.05) is 0 Å². The molecule has 0 fully saturated rings. The number of hydrogen-bond donors (Lipinski definition) is 2. The van der Waals surface area contributed by atoms with Gasteiger partial charge in [0.05, 0.1) is 0 Å². The van der Waals surface area contributed by atoms with Gasteiger partial charge >= 0.3 is 0 Å². The zero-order chi connectivity index (χ0) is 12.1. The molecule has 3 nitrogen and oxygen atoms in total. The molecule has 1 unspecified atom stereocenters. The molecule has 0 saturated carbocycles. The highest BCUT2D eigenvalue weighted by molar-refractivity contribution is 5.90. The van der Waals surface area contributed by atoms with Crippen molar-refractivity contribution >= 4 is 11.6 Å². The molecule has 16 heavy (non-hydrogen) atoms. The first-order chi connectivity index (χ1) is 7.49. The summed E-state index contributed by atoms with van der Waals surface area (Å²) in [5, 5.41) is 2.70. The maximum atomic E-state index is 13.0. The third kappa shape index (κ3) is 3.98. The predicted molar refractivity (Wildman–Crippen MR) is 62.7 cm³/mol. The van der Waals surface area contributed by atoms with E-state index >= 15 is 0 Å². The molecule has 1 aromatic carbocycles. The van der Waals surface area contributed by atoms with E-state index in [-0.39, 0.29) is 17.8 Å². The number of hydrogen-bond acceptors (Lipinski definition) is 2. The Hall–Kier alpha value is -1.42. The number of amides is 1. The van der Waals surface area contributed by atoms with E-state index in [2.05, 4.69) is 5.32 Å². The molecular weight excluding hydrogens is 207 g/mol. The summed E-state index contributed by atoms with van der Waals surface area (Å²) in [6.45, 7) is 3.52. The van der Waals surface area contributed by atoms with E-state index in [1.165, 1.54) is 6.07 Å². The molecule has 0 spiro atoms.